The average Bonchev–Trinajstić information content (AvgIpc) is 2.99. The number of rotatable bonds is 9. The largest absolute Gasteiger partial charge is 0.351 e. The summed E-state index contributed by atoms with van der Waals surface area (Å²) in [5, 5.41) is 2.51. The van der Waals surface area contributed by atoms with Gasteiger partial charge in [0.1, 0.15) is 18.2 Å². The second-order valence-electron chi connectivity index (χ2n) is 6.72. The van der Waals surface area contributed by atoms with Crippen molar-refractivity contribution in [2.45, 2.75) is 37.4 Å². The average molecular weight is 453 g/mol. The number of ether oxygens (including phenoxy) is 1. The molecule has 0 spiro atoms. The molecule has 12 heteroatoms. The van der Waals surface area contributed by atoms with Crippen molar-refractivity contribution in [2.75, 3.05) is 12.4 Å². The van der Waals surface area contributed by atoms with E-state index in [9.17, 15) is 14.4 Å². The van der Waals surface area contributed by atoms with Gasteiger partial charge in [0, 0.05) is 18.2 Å². The molecule has 3 rings (SSSR count). The highest BCUT2D eigenvalue weighted by Crippen LogP contribution is 2.44. The monoisotopic (exact) mass is 453 g/mol. The lowest BCUT2D eigenvalue weighted by Gasteiger charge is -2.26. The summed E-state index contributed by atoms with van der Waals surface area (Å²) < 4.78 is 31.9. The molecule has 4 atom stereocenters. The van der Waals surface area contributed by atoms with Crippen LogP contribution in [0.1, 0.15) is 29.9 Å². The van der Waals surface area contributed by atoms with E-state index in [0.717, 1.165) is 4.57 Å². The molecule has 10 nitrogen and oxygen atoms in total. The van der Waals surface area contributed by atoms with Crippen LogP contribution >= 0.6 is 12.3 Å². The standard InChI is InChI=1S/C19H20FN3O7S/c1-19(20)15(29-31-30-27-2)13(9-11-24)28-17(19)23-10-8-14(22-18(23)26)21-16(25)12-6-4-3-5-7-12/h3-8,10-11,13,15,17H,9H2,1-2H3,(H,21,22,25,26)/t13-,15+,17-,19?/m1/s1. The minimum atomic E-state index is -2.22. The van der Waals surface area contributed by atoms with Crippen molar-refractivity contribution >= 4 is 30.3 Å². The van der Waals surface area contributed by atoms with Crippen LogP contribution in [-0.4, -0.2) is 46.7 Å². The summed E-state index contributed by atoms with van der Waals surface area (Å²) >= 11 is 0.382. The zero-order chi connectivity index (χ0) is 22.4. The predicted molar refractivity (Wildman–Crippen MR) is 108 cm³/mol. The Morgan fingerprint density at radius 3 is 2.77 bits per heavy atom. The number of benzene rings is 1. The van der Waals surface area contributed by atoms with Crippen LogP contribution in [0.15, 0.2) is 47.4 Å². The van der Waals surface area contributed by atoms with Gasteiger partial charge in [0.2, 0.25) is 0 Å². The molecule has 1 aliphatic heterocycles. The van der Waals surface area contributed by atoms with Gasteiger partial charge in [-0.3, -0.25) is 13.5 Å². The van der Waals surface area contributed by atoms with Crippen molar-refractivity contribution in [3.63, 3.8) is 0 Å². The van der Waals surface area contributed by atoms with Gasteiger partial charge in [0.05, 0.1) is 13.2 Å². The minimum Gasteiger partial charge on any atom is -0.348 e. The Morgan fingerprint density at radius 1 is 1.39 bits per heavy atom. The summed E-state index contributed by atoms with van der Waals surface area (Å²) in [6.07, 6.45) is -2.00. The van der Waals surface area contributed by atoms with Crippen molar-refractivity contribution in [2.24, 2.45) is 0 Å². The Hall–Kier alpha value is -2.64. The normalized spacial score (nSPS) is 25.3. The molecule has 0 aliphatic carbocycles. The second kappa shape index (κ2) is 10.1. The van der Waals surface area contributed by atoms with Gasteiger partial charge < -0.3 is 14.8 Å². The Labute approximate surface area is 181 Å². The fraction of sp³-hybridized carbons (Fsp3) is 0.368. The molecule has 1 unspecified atom stereocenters. The molecule has 1 aromatic heterocycles. The lowest BCUT2D eigenvalue weighted by Crippen LogP contribution is -2.43. The fourth-order valence-corrected chi connectivity index (χ4v) is 3.65. The predicted octanol–water partition coefficient (Wildman–Crippen LogP) is 2.24. The summed E-state index contributed by atoms with van der Waals surface area (Å²) in [6.45, 7) is 1.18. The summed E-state index contributed by atoms with van der Waals surface area (Å²) in [4.78, 5) is 43.9. The molecule has 31 heavy (non-hydrogen) atoms. The summed E-state index contributed by atoms with van der Waals surface area (Å²) in [5.74, 6) is -0.456. The zero-order valence-electron chi connectivity index (χ0n) is 16.6. The maximum atomic E-state index is 15.6. The minimum absolute atomic E-state index is 0.00467. The lowest BCUT2D eigenvalue weighted by molar-refractivity contribution is -0.170. The number of amides is 1. The molecule has 0 bridgehead atoms. The third-order valence-electron chi connectivity index (χ3n) is 4.61. The molecule has 1 aliphatic rings. The lowest BCUT2D eigenvalue weighted by atomic mass is 9.97. The van der Waals surface area contributed by atoms with E-state index in [4.69, 9.17) is 8.92 Å². The molecule has 0 radical (unpaired) electrons. The third kappa shape index (κ3) is 5.17. The number of carbonyl (C=O) groups excluding carboxylic acids is 2. The number of halogens is 1. The molecule has 1 amide bonds. The van der Waals surface area contributed by atoms with Gasteiger partial charge >= 0.3 is 5.69 Å². The molecule has 2 aromatic rings. The number of hydrogen-bond donors (Lipinski definition) is 1. The third-order valence-corrected chi connectivity index (χ3v) is 5.09. The van der Waals surface area contributed by atoms with Gasteiger partial charge in [0.25, 0.3) is 5.91 Å². The van der Waals surface area contributed by atoms with E-state index in [2.05, 4.69) is 19.5 Å². The maximum Gasteiger partial charge on any atom is 0.351 e. The summed E-state index contributed by atoms with van der Waals surface area (Å²) in [7, 11) is 1.24. The van der Waals surface area contributed by atoms with Crippen molar-refractivity contribution in [1.82, 2.24) is 9.55 Å². The Kier molecular flexibility index (Phi) is 7.51. The molecule has 166 valence electrons. The number of hydrogen-bond acceptors (Lipinski definition) is 9. The number of nitrogens with zero attached hydrogens (tertiary/aromatic N) is 2. The van der Waals surface area contributed by atoms with Crippen LogP contribution < -0.4 is 11.0 Å². The van der Waals surface area contributed by atoms with E-state index in [1.165, 1.54) is 26.3 Å². The number of carbonyl (C=O) groups is 2. The molecular weight excluding hydrogens is 433 g/mol. The SMILES string of the molecule is COOSO[C@H]1[C@@H](CC=O)O[C@@H](n2ccc(NC(=O)c3ccccc3)nc2=O)C1(C)F. The number of alkyl halides is 1. The first-order valence-corrected chi connectivity index (χ1v) is 9.81. The van der Waals surface area contributed by atoms with E-state index >= 15 is 4.39 Å². The topological polar surface area (TPSA) is 118 Å². The van der Waals surface area contributed by atoms with Crippen LogP contribution in [0.5, 0.6) is 0 Å². The van der Waals surface area contributed by atoms with E-state index in [0.29, 0.717) is 24.2 Å². The van der Waals surface area contributed by atoms with Crippen molar-refractivity contribution < 1.29 is 32.1 Å². The van der Waals surface area contributed by atoms with Crippen LogP contribution in [0.25, 0.3) is 0 Å². The highest BCUT2D eigenvalue weighted by atomic mass is 32.2. The van der Waals surface area contributed by atoms with Crippen molar-refractivity contribution in [3.05, 3.63) is 58.6 Å². The highest BCUT2D eigenvalue weighted by molar-refractivity contribution is 7.89. The van der Waals surface area contributed by atoms with E-state index in [-0.39, 0.29) is 12.2 Å². The first-order valence-electron chi connectivity index (χ1n) is 9.15. The smallest absolute Gasteiger partial charge is 0.348 e. The molecular formula is C19H20FN3O7S. The Bertz CT molecular complexity index is 972. The quantitative estimate of drug-likeness (QED) is 0.200. The Morgan fingerprint density at radius 2 is 2.13 bits per heavy atom. The van der Waals surface area contributed by atoms with Crippen LogP contribution in [-0.2, 0) is 22.9 Å². The molecule has 1 saturated heterocycles. The second-order valence-corrected chi connectivity index (χ2v) is 7.19. The number of aldehydes is 1. The molecule has 2 heterocycles. The van der Waals surface area contributed by atoms with Gasteiger partial charge in [-0.1, -0.05) is 18.2 Å². The fourth-order valence-electron chi connectivity index (χ4n) is 3.17. The van der Waals surface area contributed by atoms with Gasteiger partial charge in [0.15, 0.2) is 24.2 Å². The first kappa shape index (κ1) is 23.0. The van der Waals surface area contributed by atoms with Gasteiger partial charge in [-0.05, 0) is 25.1 Å². The van der Waals surface area contributed by atoms with Crippen molar-refractivity contribution in [3.8, 4) is 0 Å². The van der Waals surface area contributed by atoms with E-state index < -0.39 is 35.7 Å². The zero-order valence-corrected chi connectivity index (χ0v) is 17.4. The molecule has 1 N–H and O–H groups in total. The highest BCUT2D eigenvalue weighted by Gasteiger charge is 2.57. The van der Waals surface area contributed by atoms with E-state index in [1.54, 1.807) is 30.3 Å². The van der Waals surface area contributed by atoms with E-state index in [1.807, 2.05) is 0 Å². The summed E-state index contributed by atoms with van der Waals surface area (Å²) in [5.41, 5.74) is -2.69. The first-order chi connectivity index (χ1) is 14.9. The molecule has 1 fully saturated rings. The number of nitrogens with one attached hydrogen (secondary N) is 1. The van der Waals surface area contributed by atoms with Crippen LogP contribution in [0.4, 0.5) is 10.2 Å². The van der Waals surface area contributed by atoms with Crippen LogP contribution in [0, 0.1) is 0 Å². The summed E-state index contributed by atoms with van der Waals surface area (Å²) in [6, 6.07) is 9.72. The van der Waals surface area contributed by atoms with Crippen molar-refractivity contribution in [1.29, 1.82) is 0 Å². The number of aromatic nitrogens is 2. The number of anilines is 1. The molecule has 0 saturated carbocycles. The van der Waals surface area contributed by atoms with Crippen LogP contribution in [0.3, 0.4) is 0 Å². The van der Waals surface area contributed by atoms with Gasteiger partial charge in [-0.15, -0.1) is 4.33 Å². The van der Waals surface area contributed by atoms with Crippen LogP contribution in [0.2, 0.25) is 0 Å². The van der Waals surface area contributed by atoms with Gasteiger partial charge in [-0.25, -0.2) is 14.1 Å². The Balaban J connectivity index is 1.80. The maximum absolute atomic E-state index is 15.6. The van der Waals surface area contributed by atoms with Gasteiger partial charge in [-0.2, -0.15) is 4.98 Å². The molecule has 1 aromatic carbocycles.